The zero-order chi connectivity index (χ0) is 18.7. The number of Topliss-reactive ketones (excluding diaryl/α,β-unsaturated/α-hetero) is 1. The Morgan fingerprint density at radius 2 is 1.76 bits per heavy atom. The second kappa shape index (κ2) is 12.0. The van der Waals surface area contributed by atoms with Gasteiger partial charge in [-0.2, -0.15) is 0 Å². The van der Waals surface area contributed by atoms with Gasteiger partial charge < -0.3 is 10.2 Å². The van der Waals surface area contributed by atoms with Crippen molar-refractivity contribution >= 4 is 17.5 Å². The Morgan fingerprint density at radius 1 is 1.08 bits per heavy atom. The molecule has 1 saturated carbocycles. The molecular formula is C20H32O5. The molecule has 142 valence electrons. The van der Waals surface area contributed by atoms with Crippen LogP contribution < -0.4 is 0 Å². The summed E-state index contributed by atoms with van der Waals surface area (Å²) in [5, 5.41) is 18.7. The molecule has 25 heavy (non-hydrogen) atoms. The van der Waals surface area contributed by atoms with E-state index in [-0.39, 0.29) is 36.2 Å². The number of aliphatic hydroxyl groups is 1. The van der Waals surface area contributed by atoms with Gasteiger partial charge in [0.25, 0.3) is 0 Å². The summed E-state index contributed by atoms with van der Waals surface area (Å²) >= 11 is 0. The van der Waals surface area contributed by atoms with Crippen molar-refractivity contribution in [3.63, 3.8) is 0 Å². The molecule has 0 aliphatic heterocycles. The maximum absolute atomic E-state index is 12.1. The summed E-state index contributed by atoms with van der Waals surface area (Å²) in [6, 6.07) is 0. The average Bonchev–Trinajstić information content (AvgIpc) is 2.82. The third kappa shape index (κ3) is 8.43. The molecule has 0 unspecified atom stereocenters. The van der Waals surface area contributed by atoms with E-state index in [9.17, 15) is 19.5 Å². The highest BCUT2D eigenvalue weighted by Crippen LogP contribution is 2.34. The van der Waals surface area contributed by atoms with E-state index in [4.69, 9.17) is 5.11 Å². The van der Waals surface area contributed by atoms with Crippen LogP contribution >= 0.6 is 0 Å². The van der Waals surface area contributed by atoms with Gasteiger partial charge in [-0.05, 0) is 25.3 Å². The van der Waals surface area contributed by atoms with E-state index in [1.165, 1.54) is 0 Å². The van der Waals surface area contributed by atoms with Gasteiger partial charge in [0.2, 0.25) is 0 Å². The molecule has 0 aromatic rings. The lowest BCUT2D eigenvalue weighted by atomic mass is 9.88. The van der Waals surface area contributed by atoms with Gasteiger partial charge in [0.05, 0.1) is 6.10 Å². The number of carboxylic acids is 1. The quantitative estimate of drug-likeness (QED) is 0.390. The first-order valence-electron chi connectivity index (χ1n) is 9.59. The number of hydrogen-bond acceptors (Lipinski definition) is 4. The van der Waals surface area contributed by atoms with Crippen molar-refractivity contribution < 1.29 is 24.6 Å². The fraction of sp³-hybridized carbons (Fsp3) is 0.750. The Balaban J connectivity index is 2.40. The van der Waals surface area contributed by atoms with Gasteiger partial charge in [-0.3, -0.25) is 14.4 Å². The molecule has 0 amide bonds. The van der Waals surface area contributed by atoms with Gasteiger partial charge >= 0.3 is 5.97 Å². The number of hydrogen-bond donors (Lipinski definition) is 2. The largest absolute Gasteiger partial charge is 0.481 e. The molecule has 0 bridgehead atoms. The molecule has 1 aliphatic carbocycles. The number of aliphatic hydroxyl groups excluding tert-OH is 1. The number of aliphatic carboxylic acids is 1. The van der Waals surface area contributed by atoms with Gasteiger partial charge in [0, 0.05) is 31.1 Å². The van der Waals surface area contributed by atoms with Crippen LogP contribution in [0.1, 0.15) is 77.6 Å². The van der Waals surface area contributed by atoms with E-state index in [0.717, 1.165) is 38.5 Å². The van der Waals surface area contributed by atoms with E-state index in [1.54, 1.807) is 12.2 Å². The summed E-state index contributed by atoms with van der Waals surface area (Å²) in [4.78, 5) is 34.4. The first kappa shape index (κ1) is 21.6. The smallest absolute Gasteiger partial charge is 0.303 e. The zero-order valence-electron chi connectivity index (χ0n) is 15.3. The van der Waals surface area contributed by atoms with Crippen molar-refractivity contribution in [2.24, 2.45) is 11.8 Å². The van der Waals surface area contributed by atoms with Crippen molar-refractivity contribution in [2.45, 2.75) is 83.7 Å². The Kier molecular flexibility index (Phi) is 10.3. The van der Waals surface area contributed by atoms with Gasteiger partial charge in [-0.25, -0.2) is 0 Å². The van der Waals surface area contributed by atoms with Crippen LogP contribution in [-0.4, -0.2) is 33.9 Å². The van der Waals surface area contributed by atoms with E-state index in [1.807, 2.05) is 0 Å². The molecule has 0 saturated heterocycles. The monoisotopic (exact) mass is 352 g/mol. The van der Waals surface area contributed by atoms with Crippen LogP contribution in [0.5, 0.6) is 0 Å². The SMILES string of the molecule is CCCCCC(=O)/C=C\[C@H]1[C@H](O)CC(=O)[C@@H]1CCCCCCC(=O)O. The average molecular weight is 352 g/mol. The Hall–Kier alpha value is -1.49. The molecule has 0 radical (unpaired) electrons. The molecule has 3 atom stereocenters. The Bertz CT molecular complexity index is 469. The highest BCUT2D eigenvalue weighted by atomic mass is 16.4. The summed E-state index contributed by atoms with van der Waals surface area (Å²) in [6.07, 6.45) is 10.4. The third-order valence-electron chi connectivity index (χ3n) is 4.92. The number of ketones is 2. The number of rotatable bonds is 13. The van der Waals surface area contributed by atoms with E-state index >= 15 is 0 Å². The lowest BCUT2D eigenvalue weighted by Crippen LogP contribution is -2.19. The van der Waals surface area contributed by atoms with E-state index in [2.05, 4.69) is 6.92 Å². The molecular weight excluding hydrogens is 320 g/mol. The predicted molar refractivity (Wildman–Crippen MR) is 96.2 cm³/mol. The Morgan fingerprint density at radius 3 is 2.44 bits per heavy atom. The van der Waals surface area contributed by atoms with Crippen LogP contribution in [0, 0.1) is 11.8 Å². The van der Waals surface area contributed by atoms with Crippen LogP contribution in [0.4, 0.5) is 0 Å². The van der Waals surface area contributed by atoms with Crippen LogP contribution in [0.3, 0.4) is 0 Å². The van der Waals surface area contributed by atoms with Gasteiger partial charge in [-0.1, -0.05) is 45.1 Å². The summed E-state index contributed by atoms with van der Waals surface area (Å²) in [7, 11) is 0. The minimum Gasteiger partial charge on any atom is -0.481 e. The normalized spacial score (nSPS) is 23.4. The standard InChI is InChI=1S/C20H32O5/c1-2-3-6-9-15(21)12-13-17-16(18(22)14-19(17)23)10-7-4-5-8-11-20(24)25/h12-13,16-17,19,23H,2-11,14H2,1H3,(H,24,25)/b13-12-/t16-,17-,19-/m1/s1. The van der Waals surface area contributed by atoms with Crippen LogP contribution in [0.25, 0.3) is 0 Å². The fourth-order valence-corrected chi connectivity index (χ4v) is 3.44. The summed E-state index contributed by atoms with van der Waals surface area (Å²) in [5.74, 6) is -1.11. The number of unbranched alkanes of at least 4 members (excludes halogenated alkanes) is 5. The minimum absolute atomic E-state index is 0.0624. The van der Waals surface area contributed by atoms with Crippen LogP contribution in [0.15, 0.2) is 12.2 Å². The molecule has 0 heterocycles. The molecule has 0 spiro atoms. The molecule has 5 nitrogen and oxygen atoms in total. The zero-order valence-corrected chi connectivity index (χ0v) is 15.3. The summed E-state index contributed by atoms with van der Waals surface area (Å²) < 4.78 is 0. The van der Waals surface area contributed by atoms with Crippen molar-refractivity contribution in [1.82, 2.24) is 0 Å². The van der Waals surface area contributed by atoms with Crippen molar-refractivity contribution in [3.05, 3.63) is 12.2 Å². The van der Waals surface area contributed by atoms with Crippen molar-refractivity contribution in [1.29, 1.82) is 0 Å². The highest BCUT2D eigenvalue weighted by Gasteiger charge is 2.39. The first-order valence-corrected chi connectivity index (χ1v) is 9.59. The second-order valence-electron chi connectivity index (χ2n) is 7.05. The minimum atomic E-state index is -0.775. The number of carbonyl (C=O) groups is 3. The van der Waals surface area contributed by atoms with Crippen molar-refractivity contribution in [2.75, 3.05) is 0 Å². The summed E-state index contributed by atoms with van der Waals surface area (Å²) in [5.41, 5.74) is 0. The first-order chi connectivity index (χ1) is 12.0. The maximum Gasteiger partial charge on any atom is 0.303 e. The highest BCUT2D eigenvalue weighted by molar-refractivity contribution is 5.90. The number of allylic oxidation sites excluding steroid dienone is 1. The number of carbonyl (C=O) groups excluding carboxylic acids is 2. The van der Waals surface area contributed by atoms with Crippen LogP contribution in [0.2, 0.25) is 0 Å². The number of carboxylic acid groups (broad SMARTS) is 1. The predicted octanol–water partition coefficient (Wildman–Crippen LogP) is 3.68. The molecule has 5 heteroatoms. The topological polar surface area (TPSA) is 91.7 Å². The van der Waals surface area contributed by atoms with E-state index in [0.29, 0.717) is 19.3 Å². The molecule has 0 aromatic carbocycles. The summed E-state index contributed by atoms with van der Waals surface area (Å²) in [6.45, 7) is 2.09. The fourth-order valence-electron chi connectivity index (χ4n) is 3.44. The van der Waals surface area contributed by atoms with Crippen LogP contribution in [-0.2, 0) is 14.4 Å². The molecule has 1 rings (SSSR count). The maximum atomic E-state index is 12.1. The van der Waals surface area contributed by atoms with E-state index < -0.39 is 12.1 Å². The molecule has 2 N–H and O–H groups in total. The molecule has 1 fully saturated rings. The molecule has 1 aliphatic rings. The van der Waals surface area contributed by atoms with Gasteiger partial charge in [-0.15, -0.1) is 0 Å². The van der Waals surface area contributed by atoms with Gasteiger partial charge in [0.15, 0.2) is 5.78 Å². The van der Waals surface area contributed by atoms with Crippen molar-refractivity contribution in [3.8, 4) is 0 Å². The molecule has 0 aromatic heterocycles. The lowest BCUT2D eigenvalue weighted by Gasteiger charge is -2.17. The third-order valence-corrected chi connectivity index (χ3v) is 4.92. The lowest BCUT2D eigenvalue weighted by molar-refractivity contribution is -0.137. The Labute approximate surface area is 150 Å². The van der Waals surface area contributed by atoms with Gasteiger partial charge in [0.1, 0.15) is 5.78 Å². The second-order valence-corrected chi connectivity index (χ2v) is 7.05.